The lowest BCUT2D eigenvalue weighted by Gasteiger charge is -2.28. The summed E-state index contributed by atoms with van der Waals surface area (Å²) in [5.74, 6) is -1.26. The van der Waals surface area contributed by atoms with Crippen molar-refractivity contribution in [2.24, 2.45) is 0 Å². The van der Waals surface area contributed by atoms with Crippen LogP contribution in [0.15, 0.2) is 30.3 Å². The topological polar surface area (TPSA) is 94.1 Å². The Morgan fingerprint density at radius 1 is 1.29 bits per heavy atom. The molecule has 116 valence electrons. The molecule has 1 aromatic rings. The highest BCUT2D eigenvalue weighted by molar-refractivity contribution is 5.74. The van der Waals surface area contributed by atoms with Crippen LogP contribution in [0.2, 0.25) is 0 Å². The van der Waals surface area contributed by atoms with Crippen LogP contribution in [0.5, 0.6) is 0 Å². The number of carboxylic acid groups (broad SMARTS) is 1. The number of carbonyl (C=O) groups is 2. The first kappa shape index (κ1) is 16.9. The maximum Gasteiger partial charge on any atom is 0.431 e. The third-order valence-corrected chi connectivity index (χ3v) is 2.85. The summed E-state index contributed by atoms with van der Waals surface area (Å²) in [5.41, 5.74) is 1.65. The highest BCUT2D eigenvalue weighted by Crippen LogP contribution is 2.16. The van der Waals surface area contributed by atoms with Crippen LogP contribution in [0.4, 0.5) is 4.79 Å². The molecule has 0 aliphatic rings. The van der Waals surface area contributed by atoms with Crippen molar-refractivity contribution < 1.29 is 29.0 Å². The molecular formula is C14H19NO6. The van der Waals surface area contributed by atoms with Crippen molar-refractivity contribution in [1.82, 2.24) is 5.48 Å². The van der Waals surface area contributed by atoms with Gasteiger partial charge in [0.2, 0.25) is 6.10 Å². The molecule has 1 rings (SSSR count). The highest BCUT2D eigenvalue weighted by atomic mass is 16.7. The van der Waals surface area contributed by atoms with Crippen LogP contribution in [0.25, 0.3) is 0 Å². The van der Waals surface area contributed by atoms with Crippen molar-refractivity contribution in [2.45, 2.75) is 32.2 Å². The molecule has 0 aromatic heterocycles. The average molecular weight is 297 g/mol. The Kier molecular flexibility index (Phi) is 6.13. The second-order valence-corrected chi connectivity index (χ2v) is 4.81. The van der Waals surface area contributed by atoms with Crippen molar-refractivity contribution in [3.8, 4) is 0 Å². The number of nitrogens with one attached hydrogen (secondary N) is 1. The average Bonchev–Trinajstić information content (AvgIpc) is 2.45. The van der Waals surface area contributed by atoms with Crippen LogP contribution in [0.1, 0.15) is 19.4 Å². The Bertz CT molecular complexity index is 474. The van der Waals surface area contributed by atoms with E-state index >= 15 is 0 Å². The number of amides is 1. The van der Waals surface area contributed by atoms with Crippen molar-refractivity contribution >= 4 is 12.1 Å². The SMILES string of the molecule is COC(C)(C)[C@@H](ONC(=O)OCc1ccccc1)C(=O)O. The largest absolute Gasteiger partial charge is 0.479 e. The molecule has 0 fully saturated rings. The summed E-state index contributed by atoms with van der Waals surface area (Å²) in [5, 5.41) is 9.06. The molecule has 0 bridgehead atoms. The molecule has 21 heavy (non-hydrogen) atoms. The third kappa shape index (κ3) is 5.41. The van der Waals surface area contributed by atoms with E-state index in [0.29, 0.717) is 0 Å². The minimum Gasteiger partial charge on any atom is -0.479 e. The highest BCUT2D eigenvalue weighted by Gasteiger charge is 2.37. The summed E-state index contributed by atoms with van der Waals surface area (Å²) in [6, 6.07) is 9.06. The zero-order chi connectivity index (χ0) is 15.9. The van der Waals surface area contributed by atoms with Gasteiger partial charge >= 0.3 is 12.1 Å². The lowest BCUT2D eigenvalue weighted by Crippen LogP contribution is -2.49. The summed E-state index contributed by atoms with van der Waals surface area (Å²) < 4.78 is 9.92. The summed E-state index contributed by atoms with van der Waals surface area (Å²) >= 11 is 0. The number of benzene rings is 1. The van der Waals surface area contributed by atoms with E-state index in [-0.39, 0.29) is 6.61 Å². The molecule has 0 saturated carbocycles. The van der Waals surface area contributed by atoms with Gasteiger partial charge in [-0.15, -0.1) is 0 Å². The lowest BCUT2D eigenvalue weighted by molar-refractivity contribution is -0.180. The number of methoxy groups -OCH3 is 1. The number of hydroxylamine groups is 1. The first-order chi connectivity index (χ1) is 9.86. The number of ether oxygens (including phenoxy) is 2. The fourth-order valence-corrected chi connectivity index (χ4v) is 1.46. The second-order valence-electron chi connectivity index (χ2n) is 4.81. The van der Waals surface area contributed by atoms with E-state index in [0.717, 1.165) is 5.56 Å². The molecule has 7 heteroatoms. The number of carboxylic acids is 1. The van der Waals surface area contributed by atoms with Crippen LogP contribution in [-0.4, -0.2) is 36.0 Å². The molecule has 1 amide bonds. The second kappa shape index (κ2) is 7.61. The van der Waals surface area contributed by atoms with Gasteiger partial charge in [-0.25, -0.2) is 9.59 Å². The van der Waals surface area contributed by atoms with Gasteiger partial charge < -0.3 is 14.6 Å². The van der Waals surface area contributed by atoms with E-state index in [1.54, 1.807) is 12.1 Å². The first-order valence-electron chi connectivity index (χ1n) is 6.27. The molecule has 1 atom stereocenters. The monoisotopic (exact) mass is 297 g/mol. The summed E-state index contributed by atoms with van der Waals surface area (Å²) in [6.07, 6.45) is -2.25. The number of hydrogen-bond donors (Lipinski definition) is 2. The quantitative estimate of drug-likeness (QED) is 0.744. The maximum absolute atomic E-state index is 11.5. The van der Waals surface area contributed by atoms with Crippen molar-refractivity contribution in [3.63, 3.8) is 0 Å². The van der Waals surface area contributed by atoms with Crippen molar-refractivity contribution in [2.75, 3.05) is 7.11 Å². The number of carbonyl (C=O) groups excluding carboxylic acids is 1. The summed E-state index contributed by atoms with van der Waals surface area (Å²) in [7, 11) is 1.35. The van der Waals surface area contributed by atoms with Crippen LogP contribution < -0.4 is 5.48 Å². The molecule has 0 saturated heterocycles. The van der Waals surface area contributed by atoms with E-state index < -0.39 is 23.8 Å². The molecule has 7 nitrogen and oxygen atoms in total. The van der Waals surface area contributed by atoms with Gasteiger partial charge in [-0.3, -0.25) is 4.84 Å². The van der Waals surface area contributed by atoms with Crippen molar-refractivity contribution in [3.05, 3.63) is 35.9 Å². The fraction of sp³-hybridized carbons (Fsp3) is 0.429. The third-order valence-electron chi connectivity index (χ3n) is 2.85. The number of aliphatic carboxylic acids is 1. The van der Waals surface area contributed by atoms with E-state index in [1.165, 1.54) is 21.0 Å². The smallest absolute Gasteiger partial charge is 0.431 e. The van der Waals surface area contributed by atoms with Gasteiger partial charge in [0.15, 0.2) is 0 Å². The lowest BCUT2D eigenvalue weighted by atomic mass is 10.0. The van der Waals surface area contributed by atoms with Gasteiger partial charge in [-0.2, -0.15) is 5.48 Å². The fourth-order valence-electron chi connectivity index (χ4n) is 1.46. The molecule has 0 aliphatic carbocycles. The number of rotatable bonds is 7. The van der Waals surface area contributed by atoms with E-state index in [9.17, 15) is 9.59 Å². The Balaban J connectivity index is 2.45. The summed E-state index contributed by atoms with van der Waals surface area (Å²) in [6.45, 7) is 3.12. The minimum absolute atomic E-state index is 0.0570. The van der Waals surface area contributed by atoms with Crippen LogP contribution in [-0.2, 0) is 25.7 Å². The summed E-state index contributed by atoms with van der Waals surface area (Å²) in [4.78, 5) is 27.4. The van der Waals surface area contributed by atoms with Crippen molar-refractivity contribution in [1.29, 1.82) is 0 Å². The Hall–Kier alpha value is -2.12. The predicted molar refractivity (Wildman–Crippen MR) is 73.4 cm³/mol. The van der Waals surface area contributed by atoms with Crippen LogP contribution >= 0.6 is 0 Å². The molecule has 0 radical (unpaired) electrons. The molecule has 1 aromatic carbocycles. The number of hydrogen-bond acceptors (Lipinski definition) is 5. The molecule has 0 spiro atoms. The molecule has 2 N–H and O–H groups in total. The Morgan fingerprint density at radius 2 is 1.90 bits per heavy atom. The Morgan fingerprint density at radius 3 is 2.43 bits per heavy atom. The predicted octanol–water partition coefficient (Wildman–Crippen LogP) is 1.72. The zero-order valence-electron chi connectivity index (χ0n) is 12.2. The first-order valence-corrected chi connectivity index (χ1v) is 6.27. The Labute approximate surface area is 122 Å². The molecule has 0 unspecified atom stereocenters. The van der Waals surface area contributed by atoms with E-state index in [4.69, 9.17) is 19.4 Å². The van der Waals surface area contributed by atoms with E-state index in [1.807, 2.05) is 23.7 Å². The van der Waals surface area contributed by atoms with Crippen LogP contribution in [0.3, 0.4) is 0 Å². The molecule has 0 aliphatic heterocycles. The van der Waals surface area contributed by atoms with Gasteiger partial charge in [0.25, 0.3) is 0 Å². The normalized spacial score (nSPS) is 12.5. The van der Waals surface area contributed by atoms with Gasteiger partial charge in [0.1, 0.15) is 12.2 Å². The van der Waals surface area contributed by atoms with E-state index in [2.05, 4.69) is 0 Å². The molecular weight excluding hydrogens is 278 g/mol. The van der Waals surface area contributed by atoms with Gasteiger partial charge in [-0.05, 0) is 19.4 Å². The van der Waals surface area contributed by atoms with Crippen LogP contribution in [0, 0.1) is 0 Å². The van der Waals surface area contributed by atoms with Gasteiger partial charge in [-0.1, -0.05) is 30.3 Å². The molecule has 0 heterocycles. The zero-order valence-corrected chi connectivity index (χ0v) is 12.2. The van der Waals surface area contributed by atoms with Gasteiger partial charge in [0.05, 0.1) is 0 Å². The maximum atomic E-state index is 11.5. The minimum atomic E-state index is -1.37. The standard InChI is InChI=1S/C14H19NO6/c1-14(2,19-3)11(12(16)17)21-15-13(18)20-9-10-7-5-4-6-8-10/h4-8,11H,9H2,1-3H3,(H,15,18)(H,16,17)/t11-/m0/s1. The van der Waals surface area contributed by atoms with Gasteiger partial charge in [0, 0.05) is 7.11 Å².